The number of para-hydroxylation sites is 2. The third-order valence-electron chi connectivity index (χ3n) is 11.6. The first-order chi connectivity index (χ1) is 19.3. The van der Waals surface area contributed by atoms with E-state index in [0.717, 1.165) is 46.9 Å². The normalized spacial score (nSPS) is 38.6. The van der Waals surface area contributed by atoms with E-state index < -0.39 is 17.5 Å². The van der Waals surface area contributed by atoms with Gasteiger partial charge in [-0.05, 0) is 114 Å². The molecule has 8 heteroatoms. The smallest absolute Gasteiger partial charge is 0.323 e. The molecule has 0 spiro atoms. The van der Waals surface area contributed by atoms with Gasteiger partial charge in [0.15, 0.2) is 0 Å². The number of aromatic nitrogens is 2. The van der Waals surface area contributed by atoms with Crippen molar-refractivity contribution >= 4 is 28.8 Å². The minimum Gasteiger partial charge on any atom is -0.323 e. The fourth-order valence-electron chi connectivity index (χ4n) is 10.2. The number of hydrogen-bond acceptors (Lipinski definition) is 5. The molecule has 4 heterocycles. The van der Waals surface area contributed by atoms with Crippen LogP contribution in [-0.2, 0) is 4.79 Å². The molecule has 40 heavy (non-hydrogen) atoms. The number of carbonyl (C=O) groups excluding carboxylic acids is 2. The van der Waals surface area contributed by atoms with Gasteiger partial charge in [0, 0.05) is 24.2 Å². The van der Waals surface area contributed by atoms with Gasteiger partial charge in [-0.25, -0.2) is 14.7 Å². The molecule has 7 atom stereocenters. The number of amides is 3. The zero-order chi connectivity index (χ0) is 27.3. The zero-order valence-electron chi connectivity index (χ0n) is 23.7. The fraction of sp³-hybridized carbons (Fsp3) is 0.688. The number of nitrogens with one attached hydrogen (secondary N) is 1. The molecular weight excluding hydrogens is 502 g/mol. The van der Waals surface area contributed by atoms with Gasteiger partial charge >= 0.3 is 6.03 Å². The lowest BCUT2D eigenvalue weighted by Gasteiger charge is -2.53. The van der Waals surface area contributed by atoms with Gasteiger partial charge in [-0.2, -0.15) is 0 Å². The third-order valence-corrected chi connectivity index (χ3v) is 11.6. The number of rotatable bonds is 3. The molecule has 1 aromatic carbocycles. The van der Waals surface area contributed by atoms with Gasteiger partial charge in [0.1, 0.15) is 5.54 Å². The van der Waals surface area contributed by atoms with Crippen molar-refractivity contribution in [2.75, 3.05) is 4.90 Å². The number of benzene rings is 1. The van der Waals surface area contributed by atoms with Crippen LogP contribution in [0.1, 0.15) is 90.5 Å². The molecule has 3 aliphatic carbocycles. The maximum atomic E-state index is 14.2. The van der Waals surface area contributed by atoms with Gasteiger partial charge in [-0.3, -0.25) is 14.5 Å². The summed E-state index contributed by atoms with van der Waals surface area (Å²) >= 11 is 0. The van der Waals surface area contributed by atoms with Crippen LogP contribution in [0.2, 0.25) is 0 Å². The third kappa shape index (κ3) is 3.74. The van der Waals surface area contributed by atoms with Crippen molar-refractivity contribution in [1.82, 2.24) is 19.8 Å². The molecule has 3 amide bonds. The SMILES string of the molecule is CC1(C)NC(=O)N(c2nc3ccccc3n(C3CC4CCCC(C3)N4C3CC4CC5CC(C4)C(C5)C3)c2=O)C1=O. The van der Waals surface area contributed by atoms with E-state index in [-0.39, 0.29) is 17.4 Å². The van der Waals surface area contributed by atoms with Crippen LogP contribution >= 0.6 is 0 Å². The Morgan fingerprint density at radius 1 is 0.800 bits per heavy atom. The van der Waals surface area contributed by atoms with Crippen molar-refractivity contribution in [2.24, 2.45) is 23.7 Å². The van der Waals surface area contributed by atoms with Crippen LogP contribution in [-0.4, -0.2) is 50.1 Å². The molecule has 2 aromatic rings. The number of imide groups is 1. The lowest BCUT2D eigenvalue weighted by atomic mass is 9.76. The summed E-state index contributed by atoms with van der Waals surface area (Å²) in [4.78, 5) is 48.8. The van der Waals surface area contributed by atoms with E-state index in [1.54, 1.807) is 13.8 Å². The summed E-state index contributed by atoms with van der Waals surface area (Å²) < 4.78 is 1.89. The zero-order valence-corrected chi connectivity index (χ0v) is 23.7. The average Bonchev–Trinajstić information content (AvgIpc) is 3.25. The molecule has 1 aromatic heterocycles. The minimum atomic E-state index is -1.07. The molecule has 0 radical (unpaired) electrons. The first kappa shape index (κ1) is 25.0. The number of hydrogen-bond donors (Lipinski definition) is 1. The molecule has 1 N–H and O–H groups in total. The summed E-state index contributed by atoms with van der Waals surface area (Å²) in [5.74, 6) is 3.28. The number of anilines is 1. The van der Waals surface area contributed by atoms with Crippen molar-refractivity contribution in [3.8, 4) is 0 Å². The largest absolute Gasteiger partial charge is 0.331 e. The number of urea groups is 1. The molecule has 6 aliphatic rings. The van der Waals surface area contributed by atoms with Gasteiger partial charge in [0.25, 0.3) is 11.5 Å². The van der Waals surface area contributed by atoms with Crippen LogP contribution in [0.5, 0.6) is 0 Å². The highest BCUT2D eigenvalue weighted by Crippen LogP contribution is 2.55. The topological polar surface area (TPSA) is 87.5 Å². The van der Waals surface area contributed by atoms with Crippen molar-refractivity contribution in [2.45, 2.75) is 114 Å². The Labute approximate surface area is 235 Å². The second kappa shape index (κ2) is 8.88. The Morgan fingerprint density at radius 3 is 2.17 bits per heavy atom. The molecule has 3 aliphatic heterocycles. The summed E-state index contributed by atoms with van der Waals surface area (Å²) in [6.45, 7) is 3.32. The first-order valence-electron chi connectivity index (χ1n) is 15.7. The van der Waals surface area contributed by atoms with Crippen molar-refractivity contribution in [3.05, 3.63) is 34.6 Å². The predicted octanol–water partition coefficient (Wildman–Crippen LogP) is 5.00. The summed E-state index contributed by atoms with van der Waals surface area (Å²) in [6, 6.07) is 8.78. The van der Waals surface area contributed by atoms with E-state index in [2.05, 4.69) is 15.2 Å². The van der Waals surface area contributed by atoms with Crippen LogP contribution in [0.25, 0.3) is 11.0 Å². The molecule has 7 unspecified atom stereocenters. The predicted molar refractivity (Wildman–Crippen MR) is 153 cm³/mol. The quantitative estimate of drug-likeness (QED) is 0.551. The van der Waals surface area contributed by atoms with E-state index in [4.69, 9.17) is 0 Å². The summed E-state index contributed by atoms with van der Waals surface area (Å²) in [6.07, 6.45) is 14.1. The van der Waals surface area contributed by atoms with Gasteiger partial charge in [-0.15, -0.1) is 0 Å². The Hall–Kier alpha value is -2.74. The highest BCUT2D eigenvalue weighted by atomic mass is 16.2. The van der Waals surface area contributed by atoms with Gasteiger partial charge in [-0.1, -0.05) is 18.6 Å². The van der Waals surface area contributed by atoms with E-state index in [0.29, 0.717) is 23.6 Å². The summed E-state index contributed by atoms with van der Waals surface area (Å²) in [7, 11) is 0. The van der Waals surface area contributed by atoms with Crippen molar-refractivity contribution in [1.29, 1.82) is 0 Å². The number of piperidine rings is 2. The van der Waals surface area contributed by atoms with Crippen LogP contribution in [0.15, 0.2) is 29.1 Å². The number of fused-ring (bicyclic) bond motifs is 5. The van der Waals surface area contributed by atoms with Crippen LogP contribution < -0.4 is 15.8 Å². The van der Waals surface area contributed by atoms with Gasteiger partial charge in [0.05, 0.1) is 11.0 Å². The van der Waals surface area contributed by atoms with Crippen molar-refractivity contribution < 1.29 is 9.59 Å². The Balaban J connectivity index is 1.15. The molecular formula is C32H41N5O3. The Kier molecular flexibility index (Phi) is 5.55. The molecule has 3 saturated heterocycles. The summed E-state index contributed by atoms with van der Waals surface area (Å²) in [5.41, 5.74) is 0.0373. The van der Waals surface area contributed by atoms with Gasteiger partial charge < -0.3 is 9.88 Å². The van der Waals surface area contributed by atoms with E-state index in [1.165, 1.54) is 57.8 Å². The Bertz CT molecular complexity index is 1430. The van der Waals surface area contributed by atoms with Crippen LogP contribution in [0, 0.1) is 23.7 Å². The van der Waals surface area contributed by atoms with Crippen LogP contribution in [0.3, 0.4) is 0 Å². The van der Waals surface area contributed by atoms with Crippen molar-refractivity contribution in [3.63, 3.8) is 0 Å². The number of nitrogens with zero attached hydrogens (tertiary/aromatic N) is 4. The van der Waals surface area contributed by atoms with Crippen LogP contribution in [0.4, 0.5) is 10.6 Å². The molecule has 6 fully saturated rings. The van der Waals surface area contributed by atoms with E-state index in [9.17, 15) is 14.4 Å². The lowest BCUT2D eigenvalue weighted by molar-refractivity contribution is -0.121. The second-order valence-corrected chi connectivity index (χ2v) is 14.4. The van der Waals surface area contributed by atoms with E-state index >= 15 is 0 Å². The monoisotopic (exact) mass is 543 g/mol. The highest BCUT2D eigenvalue weighted by Gasteiger charge is 2.50. The molecule has 5 bridgehead atoms. The minimum absolute atomic E-state index is 0.0255. The number of carbonyl (C=O) groups is 2. The first-order valence-corrected chi connectivity index (χ1v) is 15.7. The summed E-state index contributed by atoms with van der Waals surface area (Å²) in [5, 5.41) is 2.71. The molecule has 8 nitrogen and oxygen atoms in total. The standard InChI is InChI=1S/C32H41N5O3/c1-32(2)30(39)37(31(40)34-32)28-29(38)36(27-9-4-3-8-26(27)33-28)25-16-22-6-5-7-23(17-25)35(22)24-14-19-10-18-11-20(13-19)21(12-18)15-24/h3-4,8-9,18-25H,5-7,10-17H2,1-2H3,(H,34,40). The molecule has 8 rings (SSSR count). The fourth-order valence-corrected chi connectivity index (χ4v) is 10.2. The average molecular weight is 544 g/mol. The maximum Gasteiger partial charge on any atom is 0.331 e. The van der Waals surface area contributed by atoms with Gasteiger partial charge in [0.2, 0.25) is 5.82 Å². The van der Waals surface area contributed by atoms with E-state index in [1.807, 2.05) is 28.8 Å². The highest BCUT2D eigenvalue weighted by molar-refractivity contribution is 6.22. The molecule has 212 valence electrons. The Morgan fingerprint density at radius 2 is 1.48 bits per heavy atom. The lowest BCUT2D eigenvalue weighted by Crippen LogP contribution is -2.57. The molecule has 3 saturated carbocycles. The maximum absolute atomic E-state index is 14.2. The second-order valence-electron chi connectivity index (χ2n) is 14.4.